The normalized spacial score (nSPS) is 13.7. The van der Waals surface area contributed by atoms with Crippen molar-refractivity contribution in [3.8, 4) is 16.9 Å². The number of rotatable bonds is 10. The Kier molecular flexibility index (Phi) is 9.54. The molecule has 9 nitrogen and oxygen atoms in total. The fourth-order valence-corrected chi connectivity index (χ4v) is 6.91. The van der Waals surface area contributed by atoms with E-state index in [1.807, 2.05) is 53.2 Å². The highest BCUT2D eigenvalue weighted by Gasteiger charge is 2.34. The maximum atomic E-state index is 16.8. The number of ether oxygens (including phenoxy) is 1. The van der Waals surface area contributed by atoms with Crippen LogP contribution in [-0.4, -0.2) is 43.3 Å². The zero-order valence-corrected chi connectivity index (χ0v) is 28.7. The molecule has 7 rings (SSSR count). The van der Waals surface area contributed by atoms with Gasteiger partial charge in [0.1, 0.15) is 18.5 Å². The van der Waals surface area contributed by atoms with Gasteiger partial charge in [-0.25, -0.2) is 19.0 Å². The van der Waals surface area contributed by atoms with Crippen LogP contribution in [0.3, 0.4) is 0 Å². The minimum Gasteiger partial charge on any atom is -0.460 e. The second-order valence-electron chi connectivity index (χ2n) is 12.8. The first-order valence-corrected chi connectivity index (χ1v) is 17.2. The summed E-state index contributed by atoms with van der Waals surface area (Å²) in [6.45, 7) is 4.50. The van der Waals surface area contributed by atoms with Gasteiger partial charge in [0.05, 0.1) is 28.2 Å². The van der Waals surface area contributed by atoms with Gasteiger partial charge in [-0.15, -0.1) is 0 Å². The third-order valence-electron chi connectivity index (χ3n) is 9.54. The van der Waals surface area contributed by atoms with E-state index in [1.54, 1.807) is 17.2 Å². The number of nitrogens with one attached hydrogen (secondary N) is 1. The number of hydrogen-bond acceptors (Lipinski definition) is 7. The summed E-state index contributed by atoms with van der Waals surface area (Å²) in [4.78, 5) is 26.0. The predicted octanol–water partition coefficient (Wildman–Crippen LogP) is 7.27. The summed E-state index contributed by atoms with van der Waals surface area (Å²) in [6.07, 6.45) is 0.830. The minimum atomic E-state index is -4.57. The maximum Gasteiger partial charge on any atom is 0.419 e. The van der Waals surface area contributed by atoms with Crippen LogP contribution in [0, 0.1) is 5.82 Å². The van der Waals surface area contributed by atoms with Crippen LogP contribution in [0.2, 0.25) is 0 Å². The van der Waals surface area contributed by atoms with Crippen molar-refractivity contribution in [2.24, 2.45) is 5.73 Å². The lowest BCUT2D eigenvalue weighted by Crippen LogP contribution is -2.34. The number of H-pyrrole nitrogens is 1. The molecule has 13 heteroatoms. The second kappa shape index (κ2) is 14.2. The fourth-order valence-electron chi connectivity index (χ4n) is 6.91. The van der Waals surface area contributed by atoms with Gasteiger partial charge in [-0.3, -0.25) is 4.79 Å². The summed E-state index contributed by atoms with van der Waals surface area (Å²) in [5, 5.41) is 5.65. The number of anilines is 1. The van der Waals surface area contributed by atoms with E-state index < -0.39 is 29.6 Å². The number of para-hydroxylation sites is 1. The predicted molar refractivity (Wildman–Crippen MR) is 189 cm³/mol. The first-order chi connectivity index (χ1) is 25.1. The van der Waals surface area contributed by atoms with Crippen LogP contribution < -0.4 is 10.6 Å². The highest BCUT2D eigenvalue weighted by Crippen LogP contribution is 2.41. The Labute approximate surface area is 297 Å². The van der Waals surface area contributed by atoms with Crippen molar-refractivity contribution in [1.29, 1.82) is 0 Å². The van der Waals surface area contributed by atoms with Crippen LogP contribution in [-0.2, 0) is 54.5 Å². The molecule has 3 aromatic heterocycles. The van der Waals surface area contributed by atoms with Crippen LogP contribution in [0.4, 0.5) is 23.5 Å². The number of carbonyl (C=O) groups is 1. The van der Waals surface area contributed by atoms with Crippen LogP contribution in [0.1, 0.15) is 52.9 Å². The number of halogens is 4. The van der Waals surface area contributed by atoms with Gasteiger partial charge in [-0.1, -0.05) is 62.4 Å². The van der Waals surface area contributed by atoms with Gasteiger partial charge in [0, 0.05) is 60.2 Å². The summed E-state index contributed by atoms with van der Waals surface area (Å²) >= 11 is 0. The molecular formula is C39H37F4N7O2. The molecule has 3 N–H and O–H groups in total. The molecule has 0 fully saturated rings. The van der Waals surface area contributed by atoms with Gasteiger partial charge in [0.2, 0.25) is 5.95 Å². The molecule has 0 saturated heterocycles. The Bertz CT molecular complexity index is 2210. The van der Waals surface area contributed by atoms with E-state index in [2.05, 4.69) is 28.8 Å². The minimum absolute atomic E-state index is 0.135. The van der Waals surface area contributed by atoms with Crippen LogP contribution in [0.15, 0.2) is 79.3 Å². The van der Waals surface area contributed by atoms with Gasteiger partial charge in [-0.05, 0) is 48.1 Å². The van der Waals surface area contributed by atoms with E-state index in [-0.39, 0.29) is 19.1 Å². The molecule has 268 valence electrons. The van der Waals surface area contributed by atoms with Crippen molar-refractivity contribution in [3.63, 3.8) is 0 Å². The van der Waals surface area contributed by atoms with Gasteiger partial charge in [0.25, 0.3) is 0 Å². The van der Waals surface area contributed by atoms with Crippen LogP contribution >= 0.6 is 0 Å². The molecule has 1 atom stereocenters. The van der Waals surface area contributed by atoms with Crippen molar-refractivity contribution in [1.82, 2.24) is 24.7 Å². The number of aromatic nitrogens is 5. The van der Waals surface area contributed by atoms with E-state index in [0.29, 0.717) is 60.0 Å². The van der Waals surface area contributed by atoms with Crippen molar-refractivity contribution in [2.45, 2.75) is 64.9 Å². The number of carbonyl (C=O) groups excluding carboxylic acids is 1. The molecule has 6 aromatic rings. The molecule has 0 spiro atoms. The molecule has 0 aliphatic carbocycles. The number of aryl methyl sites for hydroxylation is 2. The van der Waals surface area contributed by atoms with E-state index in [4.69, 9.17) is 15.6 Å². The smallest absolute Gasteiger partial charge is 0.419 e. The average molecular weight is 712 g/mol. The number of nitrogens with two attached hydrogens (primary N) is 1. The Morgan fingerprint density at radius 1 is 1.00 bits per heavy atom. The molecule has 1 aliphatic rings. The van der Waals surface area contributed by atoms with Gasteiger partial charge < -0.3 is 20.4 Å². The number of esters is 1. The summed E-state index contributed by atoms with van der Waals surface area (Å²) in [6, 6.07) is 17.7. The molecular weight excluding hydrogens is 674 g/mol. The topological polar surface area (TPSA) is 115 Å². The van der Waals surface area contributed by atoms with Gasteiger partial charge in [0.15, 0.2) is 0 Å². The lowest BCUT2D eigenvalue weighted by molar-refractivity contribution is -0.146. The Hall–Kier alpha value is -5.56. The fraction of sp³-hybridized carbons (Fsp3) is 0.282. The SMILES string of the molecule is CCc1cccc(CC)c1-n1nc2c(c1-c1c(F)cc(COC(=O)[C@@H](N)Cc3ccccc3)c3[nH]ccc13)CN(c1ncc(C(F)(F)F)cn1)CC2. The third-order valence-corrected chi connectivity index (χ3v) is 9.54. The van der Waals surface area contributed by atoms with Gasteiger partial charge in [-0.2, -0.15) is 18.3 Å². The first-order valence-electron chi connectivity index (χ1n) is 17.2. The van der Waals surface area contributed by atoms with Crippen LogP contribution in [0.5, 0.6) is 0 Å². The number of alkyl halides is 3. The van der Waals surface area contributed by atoms with Crippen molar-refractivity contribution in [2.75, 3.05) is 11.4 Å². The molecule has 3 aromatic carbocycles. The maximum absolute atomic E-state index is 16.8. The number of nitrogens with zero attached hydrogens (tertiary/aromatic N) is 5. The zero-order chi connectivity index (χ0) is 36.6. The molecule has 0 unspecified atom stereocenters. The first kappa shape index (κ1) is 34.9. The molecule has 4 heterocycles. The monoisotopic (exact) mass is 711 g/mol. The highest BCUT2D eigenvalue weighted by molar-refractivity contribution is 5.98. The van der Waals surface area contributed by atoms with E-state index in [9.17, 15) is 18.0 Å². The average Bonchev–Trinajstić information content (AvgIpc) is 3.79. The molecule has 0 amide bonds. The van der Waals surface area contributed by atoms with E-state index in [1.165, 1.54) is 6.07 Å². The summed E-state index contributed by atoms with van der Waals surface area (Å²) in [5.74, 6) is -1.02. The Balaban J connectivity index is 1.30. The molecule has 0 radical (unpaired) electrons. The highest BCUT2D eigenvalue weighted by atomic mass is 19.4. The van der Waals surface area contributed by atoms with E-state index in [0.717, 1.165) is 46.0 Å². The third kappa shape index (κ3) is 6.63. The molecule has 0 saturated carbocycles. The zero-order valence-electron chi connectivity index (χ0n) is 28.7. The largest absolute Gasteiger partial charge is 0.460 e. The quantitative estimate of drug-likeness (QED) is 0.114. The Morgan fingerprint density at radius 2 is 1.71 bits per heavy atom. The summed E-state index contributed by atoms with van der Waals surface area (Å²) < 4.78 is 64.1. The Morgan fingerprint density at radius 3 is 2.38 bits per heavy atom. The van der Waals surface area contributed by atoms with E-state index >= 15 is 4.39 Å². The molecule has 1 aliphatic heterocycles. The van der Waals surface area contributed by atoms with Gasteiger partial charge >= 0.3 is 12.1 Å². The summed E-state index contributed by atoms with van der Waals surface area (Å²) in [5.41, 5.74) is 12.4. The second-order valence-corrected chi connectivity index (χ2v) is 12.8. The van der Waals surface area contributed by atoms with Crippen molar-refractivity contribution < 1.29 is 27.1 Å². The lowest BCUT2D eigenvalue weighted by Gasteiger charge is -2.27. The lowest BCUT2D eigenvalue weighted by atomic mass is 9.95. The number of aromatic amines is 1. The van der Waals surface area contributed by atoms with Crippen molar-refractivity contribution >= 4 is 22.8 Å². The number of hydrogen-bond donors (Lipinski definition) is 2. The molecule has 52 heavy (non-hydrogen) atoms. The number of benzene rings is 3. The van der Waals surface area contributed by atoms with Crippen LogP contribution in [0.25, 0.3) is 27.8 Å². The standard InChI is InChI=1S/C39H37F4N7O2/c1-3-24-11-8-12-25(4-2)35(24)50-36(29-21-49(16-14-32(29)48-50)38-46-19-27(20-47-38)39(41,42)43)33-28-13-15-45-34(28)26(18-30(33)40)22-52-37(51)31(44)17-23-9-6-5-7-10-23/h5-13,15,18-20,31,45H,3-4,14,16-17,21-22,44H2,1-2H3/t31-/m0/s1. The number of fused-ring (bicyclic) bond motifs is 2. The molecule has 0 bridgehead atoms. The summed E-state index contributed by atoms with van der Waals surface area (Å²) in [7, 11) is 0. The van der Waals surface area contributed by atoms with Crippen molar-refractivity contribution in [3.05, 3.63) is 124 Å².